The van der Waals surface area contributed by atoms with Crippen LogP contribution in [0.2, 0.25) is 0 Å². The SMILES string of the molecule is COCCCC(NC(=O)c1ccc(OC)nc1)C(=O)O. The average molecular weight is 282 g/mol. The van der Waals surface area contributed by atoms with Crippen LogP contribution in [0.25, 0.3) is 0 Å². The lowest BCUT2D eigenvalue weighted by Gasteiger charge is -2.14. The van der Waals surface area contributed by atoms with Gasteiger partial charge in [-0.05, 0) is 18.9 Å². The van der Waals surface area contributed by atoms with Gasteiger partial charge in [0.05, 0.1) is 12.7 Å². The van der Waals surface area contributed by atoms with E-state index in [2.05, 4.69) is 10.3 Å². The molecule has 7 heteroatoms. The highest BCUT2D eigenvalue weighted by Crippen LogP contribution is 2.07. The molecule has 0 bridgehead atoms. The molecule has 7 nitrogen and oxygen atoms in total. The van der Waals surface area contributed by atoms with Crippen molar-refractivity contribution in [3.05, 3.63) is 23.9 Å². The molecule has 0 spiro atoms. The Balaban J connectivity index is 2.62. The summed E-state index contributed by atoms with van der Waals surface area (Å²) < 4.78 is 9.74. The van der Waals surface area contributed by atoms with Gasteiger partial charge in [0.1, 0.15) is 6.04 Å². The van der Waals surface area contributed by atoms with Crippen LogP contribution in [0.5, 0.6) is 5.88 Å². The zero-order valence-corrected chi connectivity index (χ0v) is 11.5. The summed E-state index contributed by atoms with van der Waals surface area (Å²) in [6.45, 7) is 0.448. The number of carbonyl (C=O) groups is 2. The Kier molecular flexibility index (Phi) is 6.45. The van der Waals surface area contributed by atoms with Crippen LogP contribution >= 0.6 is 0 Å². The lowest BCUT2D eigenvalue weighted by molar-refractivity contribution is -0.139. The van der Waals surface area contributed by atoms with Crippen LogP contribution < -0.4 is 10.1 Å². The van der Waals surface area contributed by atoms with Gasteiger partial charge in [-0.25, -0.2) is 9.78 Å². The maximum Gasteiger partial charge on any atom is 0.326 e. The molecule has 0 radical (unpaired) electrons. The molecule has 1 aromatic heterocycles. The van der Waals surface area contributed by atoms with E-state index in [4.69, 9.17) is 14.6 Å². The summed E-state index contributed by atoms with van der Waals surface area (Å²) >= 11 is 0. The Morgan fingerprint density at radius 1 is 1.40 bits per heavy atom. The molecular formula is C13H18N2O5. The quantitative estimate of drug-likeness (QED) is 0.681. The maximum atomic E-state index is 11.9. The van der Waals surface area contributed by atoms with E-state index in [1.54, 1.807) is 0 Å². The first kappa shape index (κ1) is 15.9. The Bertz CT molecular complexity index is 447. The molecule has 0 aliphatic heterocycles. The topological polar surface area (TPSA) is 97.8 Å². The molecule has 2 N–H and O–H groups in total. The van der Waals surface area contributed by atoms with Crippen LogP contribution in [-0.2, 0) is 9.53 Å². The second kappa shape index (κ2) is 8.11. The molecule has 0 aliphatic rings. The summed E-state index contributed by atoms with van der Waals surface area (Å²) in [4.78, 5) is 26.9. The minimum Gasteiger partial charge on any atom is -0.481 e. The number of amides is 1. The molecule has 0 fully saturated rings. The lowest BCUT2D eigenvalue weighted by atomic mass is 10.1. The summed E-state index contributed by atoms with van der Waals surface area (Å²) in [5.74, 6) is -1.17. The van der Waals surface area contributed by atoms with Crippen LogP contribution in [-0.4, -0.2) is 48.8 Å². The van der Waals surface area contributed by atoms with Gasteiger partial charge in [-0.3, -0.25) is 4.79 Å². The van der Waals surface area contributed by atoms with E-state index >= 15 is 0 Å². The molecule has 0 saturated heterocycles. The molecular weight excluding hydrogens is 264 g/mol. The lowest BCUT2D eigenvalue weighted by Crippen LogP contribution is -2.40. The van der Waals surface area contributed by atoms with Crippen LogP contribution in [0.3, 0.4) is 0 Å². The number of ether oxygens (including phenoxy) is 2. The predicted octanol–water partition coefficient (Wildman–Crippen LogP) is 0.700. The second-order valence-electron chi connectivity index (χ2n) is 4.09. The summed E-state index contributed by atoms with van der Waals surface area (Å²) in [7, 11) is 3.01. The number of methoxy groups -OCH3 is 2. The fourth-order valence-electron chi connectivity index (χ4n) is 1.57. The molecule has 1 heterocycles. The molecule has 0 aromatic carbocycles. The van der Waals surface area contributed by atoms with E-state index in [9.17, 15) is 9.59 Å². The Hall–Kier alpha value is -2.15. The number of pyridine rings is 1. The average Bonchev–Trinajstić information content (AvgIpc) is 2.46. The number of hydrogen-bond acceptors (Lipinski definition) is 5. The van der Waals surface area contributed by atoms with Gasteiger partial charge in [0.15, 0.2) is 0 Å². The standard InChI is InChI=1S/C13H18N2O5/c1-19-7-3-4-10(13(17)18)15-12(16)9-5-6-11(20-2)14-8-9/h5-6,8,10H,3-4,7H2,1-2H3,(H,15,16)(H,17,18). The van der Waals surface area contributed by atoms with Crippen molar-refractivity contribution in [2.45, 2.75) is 18.9 Å². The summed E-state index contributed by atoms with van der Waals surface area (Å²) in [6.07, 6.45) is 2.19. The number of nitrogens with zero attached hydrogens (tertiary/aromatic N) is 1. The number of aliphatic carboxylic acids is 1. The minimum absolute atomic E-state index is 0.281. The molecule has 20 heavy (non-hydrogen) atoms. The van der Waals surface area contributed by atoms with E-state index < -0.39 is 17.9 Å². The van der Waals surface area contributed by atoms with E-state index in [-0.39, 0.29) is 5.56 Å². The van der Waals surface area contributed by atoms with Gasteiger partial charge in [-0.2, -0.15) is 0 Å². The van der Waals surface area contributed by atoms with Gasteiger partial charge in [0.2, 0.25) is 5.88 Å². The van der Waals surface area contributed by atoms with Crippen molar-refractivity contribution in [2.24, 2.45) is 0 Å². The third-order valence-corrected chi connectivity index (χ3v) is 2.65. The third-order valence-electron chi connectivity index (χ3n) is 2.65. The monoisotopic (exact) mass is 282 g/mol. The fourth-order valence-corrected chi connectivity index (χ4v) is 1.57. The largest absolute Gasteiger partial charge is 0.481 e. The highest BCUT2D eigenvalue weighted by molar-refractivity contribution is 5.96. The number of carbonyl (C=O) groups excluding carboxylic acids is 1. The number of carboxylic acid groups (broad SMARTS) is 1. The first-order valence-corrected chi connectivity index (χ1v) is 6.11. The van der Waals surface area contributed by atoms with Gasteiger partial charge in [-0.15, -0.1) is 0 Å². The zero-order chi connectivity index (χ0) is 15.0. The minimum atomic E-state index is -1.07. The van der Waals surface area contributed by atoms with Crippen molar-refractivity contribution >= 4 is 11.9 Å². The molecule has 1 amide bonds. The van der Waals surface area contributed by atoms with Crippen molar-refractivity contribution in [2.75, 3.05) is 20.8 Å². The van der Waals surface area contributed by atoms with Crippen molar-refractivity contribution in [3.8, 4) is 5.88 Å². The summed E-state index contributed by atoms with van der Waals surface area (Å²) in [6, 6.07) is 2.12. The number of aromatic nitrogens is 1. The third kappa shape index (κ3) is 4.85. The van der Waals surface area contributed by atoms with Crippen molar-refractivity contribution < 1.29 is 24.2 Å². The summed E-state index contributed by atoms with van der Waals surface area (Å²) in [5.41, 5.74) is 0.281. The summed E-state index contributed by atoms with van der Waals surface area (Å²) in [5, 5.41) is 11.5. The normalized spacial score (nSPS) is 11.7. The molecule has 1 aromatic rings. The molecule has 1 atom stereocenters. The number of rotatable bonds is 8. The second-order valence-corrected chi connectivity index (χ2v) is 4.09. The molecule has 0 aliphatic carbocycles. The van der Waals surface area contributed by atoms with Crippen LogP contribution in [0.4, 0.5) is 0 Å². The van der Waals surface area contributed by atoms with Crippen molar-refractivity contribution in [3.63, 3.8) is 0 Å². The van der Waals surface area contributed by atoms with Crippen molar-refractivity contribution in [1.29, 1.82) is 0 Å². The van der Waals surface area contributed by atoms with Gasteiger partial charge < -0.3 is 19.9 Å². The van der Waals surface area contributed by atoms with Gasteiger partial charge in [0, 0.05) is 26.0 Å². The van der Waals surface area contributed by atoms with E-state index in [0.717, 1.165) is 0 Å². The van der Waals surface area contributed by atoms with E-state index in [0.29, 0.717) is 25.3 Å². The van der Waals surface area contributed by atoms with Gasteiger partial charge in [-0.1, -0.05) is 0 Å². The Morgan fingerprint density at radius 3 is 2.65 bits per heavy atom. The van der Waals surface area contributed by atoms with E-state index in [1.165, 1.54) is 32.5 Å². The van der Waals surface area contributed by atoms with Crippen LogP contribution in [0.15, 0.2) is 18.3 Å². The van der Waals surface area contributed by atoms with Crippen LogP contribution in [0.1, 0.15) is 23.2 Å². The maximum absolute atomic E-state index is 11.9. The molecule has 1 rings (SSSR count). The van der Waals surface area contributed by atoms with Crippen molar-refractivity contribution in [1.82, 2.24) is 10.3 Å². The Morgan fingerprint density at radius 2 is 2.15 bits per heavy atom. The first-order chi connectivity index (χ1) is 9.58. The highest BCUT2D eigenvalue weighted by atomic mass is 16.5. The van der Waals surface area contributed by atoms with Gasteiger partial charge >= 0.3 is 5.97 Å². The molecule has 1 unspecified atom stereocenters. The van der Waals surface area contributed by atoms with E-state index in [1.807, 2.05) is 0 Å². The predicted molar refractivity (Wildman–Crippen MR) is 70.8 cm³/mol. The highest BCUT2D eigenvalue weighted by Gasteiger charge is 2.20. The Labute approximate surface area is 116 Å². The van der Waals surface area contributed by atoms with Crippen LogP contribution in [0, 0.1) is 0 Å². The number of hydrogen-bond donors (Lipinski definition) is 2. The molecule has 110 valence electrons. The fraction of sp³-hybridized carbons (Fsp3) is 0.462. The number of nitrogens with one attached hydrogen (secondary N) is 1. The smallest absolute Gasteiger partial charge is 0.326 e. The molecule has 0 saturated carbocycles. The van der Waals surface area contributed by atoms with Gasteiger partial charge in [0.25, 0.3) is 5.91 Å². The number of carboxylic acids is 1. The zero-order valence-electron chi connectivity index (χ0n) is 11.5. The first-order valence-electron chi connectivity index (χ1n) is 6.11.